The predicted octanol–water partition coefficient (Wildman–Crippen LogP) is -1.07. The number of aromatic amines is 1. The number of H-pyrrole nitrogens is 1. The Hall–Kier alpha value is -0.664. The van der Waals surface area contributed by atoms with Crippen molar-refractivity contribution in [3.8, 4) is 0 Å². The Morgan fingerprint density at radius 1 is 1.08 bits per heavy atom. The standard InChI is InChI=1S/C7H6N2.Mg.3H2O.2H/c1-2-4-7-6(3-1)8-5-9-7;;;;;;/h1-5H,(H,8,9);;3*1H2;;/q;+2;;;;2*-1. The third-order valence-electron chi connectivity index (χ3n) is 1.33. The predicted molar refractivity (Wildman–Crippen MR) is 54.9 cm³/mol. The summed E-state index contributed by atoms with van der Waals surface area (Å²) in [7, 11) is 0. The van der Waals surface area contributed by atoms with E-state index in [1.165, 1.54) is 0 Å². The van der Waals surface area contributed by atoms with Crippen LogP contribution in [0.2, 0.25) is 0 Å². The van der Waals surface area contributed by atoms with Gasteiger partial charge in [0.05, 0.1) is 17.4 Å². The van der Waals surface area contributed by atoms with Crippen LogP contribution in [0, 0.1) is 0 Å². The van der Waals surface area contributed by atoms with Crippen molar-refractivity contribution in [3.05, 3.63) is 30.6 Å². The number of nitrogens with one attached hydrogen (secondary N) is 1. The first-order valence-electron chi connectivity index (χ1n) is 2.85. The van der Waals surface area contributed by atoms with Crippen LogP contribution in [0.25, 0.3) is 11.0 Å². The van der Waals surface area contributed by atoms with E-state index in [2.05, 4.69) is 9.97 Å². The maximum atomic E-state index is 4.06. The molecule has 1 aromatic heterocycles. The number of hydrogen-bond acceptors (Lipinski definition) is 1. The molecule has 5 nitrogen and oxygen atoms in total. The van der Waals surface area contributed by atoms with Gasteiger partial charge in [-0.2, -0.15) is 0 Å². The van der Waals surface area contributed by atoms with Crippen molar-refractivity contribution in [2.24, 2.45) is 0 Å². The molecule has 0 spiro atoms. The molecule has 0 fully saturated rings. The number of rotatable bonds is 0. The van der Waals surface area contributed by atoms with Gasteiger partial charge in [0, 0.05) is 0 Å². The summed E-state index contributed by atoms with van der Waals surface area (Å²) in [5.41, 5.74) is 2.12. The number of para-hydroxylation sites is 2. The number of hydrogen-bond donors (Lipinski definition) is 1. The second-order valence-electron chi connectivity index (χ2n) is 1.92. The zero-order valence-electron chi connectivity index (χ0n) is 9.04. The van der Waals surface area contributed by atoms with Gasteiger partial charge < -0.3 is 24.3 Å². The van der Waals surface area contributed by atoms with E-state index < -0.39 is 0 Å². The minimum atomic E-state index is 0. The van der Waals surface area contributed by atoms with Gasteiger partial charge in [-0.3, -0.25) is 0 Å². The molecular formula is C7H14MgN2O3. The number of nitrogens with zero attached hydrogens (tertiary/aromatic N) is 1. The third kappa shape index (κ3) is 3.70. The molecule has 0 atom stereocenters. The fourth-order valence-corrected chi connectivity index (χ4v) is 0.880. The van der Waals surface area contributed by atoms with E-state index >= 15 is 0 Å². The molecule has 0 saturated heterocycles. The van der Waals surface area contributed by atoms with Gasteiger partial charge in [0.15, 0.2) is 0 Å². The van der Waals surface area contributed by atoms with Crippen LogP contribution in [0.1, 0.15) is 2.85 Å². The number of aromatic nitrogens is 2. The summed E-state index contributed by atoms with van der Waals surface area (Å²) in [6.45, 7) is 0. The minimum Gasteiger partial charge on any atom is -1.00 e. The maximum Gasteiger partial charge on any atom is 2.00 e. The van der Waals surface area contributed by atoms with Gasteiger partial charge in [-0.25, -0.2) is 4.98 Å². The molecule has 2 rings (SSSR count). The first-order valence-corrected chi connectivity index (χ1v) is 2.85. The molecule has 6 heteroatoms. The van der Waals surface area contributed by atoms with E-state index in [0.29, 0.717) is 0 Å². The quantitative estimate of drug-likeness (QED) is 0.532. The molecule has 0 aliphatic carbocycles. The van der Waals surface area contributed by atoms with Crippen molar-refractivity contribution in [2.45, 2.75) is 0 Å². The molecule has 1 aromatic carbocycles. The van der Waals surface area contributed by atoms with Gasteiger partial charge in [0.1, 0.15) is 0 Å². The van der Waals surface area contributed by atoms with Crippen LogP contribution in [0.3, 0.4) is 0 Å². The first kappa shape index (κ1) is 18.2. The van der Waals surface area contributed by atoms with Gasteiger partial charge in [-0.15, -0.1) is 0 Å². The van der Waals surface area contributed by atoms with Gasteiger partial charge in [0.25, 0.3) is 0 Å². The Balaban J connectivity index is -0.0000000556. The van der Waals surface area contributed by atoms with E-state index in [1.807, 2.05) is 24.3 Å². The molecule has 0 saturated carbocycles. The molecule has 0 bridgehead atoms. The fraction of sp³-hybridized carbons (Fsp3) is 0. The van der Waals surface area contributed by atoms with Crippen LogP contribution in [0.15, 0.2) is 30.6 Å². The summed E-state index contributed by atoms with van der Waals surface area (Å²) in [5.74, 6) is 0. The molecule has 0 amide bonds. The maximum absolute atomic E-state index is 4.06. The van der Waals surface area contributed by atoms with Crippen molar-refractivity contribution in [3.63, 3.8) is 0 Å². The van der Waals surface area contributed by atoms with Crippen LogP contribution >= 0.6 is 0 Å². The topological polar surface area (TPSA) is 123 Å². The summed E-state index contributed by atoms with van der Waals surface area (Å²) in [5, 5.41) is 0. The van der Waals surface area contributed by atoms with Crippen LogP contribution in [-0.2, 0) is 0 Å². The van der Waals surface area contributed by atoms with Crippen molar-refractivity contribution >= 4 is 34.1 Å². The molecule has 0 unspecified atom stereocenters. The van der Waals surface area contributed by atoms with Crippen molar-refractivity contribution in [1.29, 1.82) is 0 Å². The SMILES string of the molecule is O.O.O.[H-].[H-].[Mg+2].c1ccc2[nH]cnc2c1. The van der Waals surface area contributed by atoms with Crippen LogP contribution in [-0.4, -0.2) is 49.4 Å². The van der Waals surface area contributed by atoms with Crippen molar-refractivity contribution in [2.75, 3.05) is 0 Å². The number of fused-ring (bicyclic) bond motifs is 1. The molecule has 13 heavy (non-hydrogen) atoms. The Morgan fingerprint density at radius 3 is 2.31 bits per heavy atom. The molecule has 2 aromatic rings. The van der Waals surface area contributed by atoms with E-state index in [-0.39, 0.29) is 42.3 Å². The van der Waals surface area contributed by atoms with Gasteiger partial charge in [-0.1, -0.05) is 12.1 Å². The summed E-state index contributed by atoms with van der Waals surface area (Å²) in [4.78, 5) is 7.07. The molecule has 7 N–H and O–H groups in total. The second kappa shape index (κ2) is 7.96. The van der Waals surface area contributed by atoms with Crippen LogP contribution < -0.4 is 0 Å². The molecular weight excluding hydrogens is 184 g/mol. The van der Waals surface area contributed by atoms with E-state index in [4.69, 9.17) is 0 Å². The minimum absolute atomic E-state index is 0. The van der Waals surface area contributed by atoms with Gasteiger partial charge in [-0.05, 0) is 12.1 Å². The molecule has 72 valence electrons. The molecule has 1 heterocycles. The van der Waals surface area contributed by atoms with E-state index in [1.54, 1.807) is 6.33 Å². The first-order chi connectivity index (χ1) is 4.47. The smallest absolute Gasteiger partial charge is 1.00 e. The van der Waals surface area contributed by atoms with Crippen LogP contribution in [0.4, 0.5) is 0 Å². The van der Waals surface area contributed by atoms with Crippen molar-refractivity contribution in [1.82, 2.24) is 9.97 Å². The monoisotopic (exact) mass is 198 g/mol. The number of imidazole rings is 1. The molecule has 0 radical (unpaired) electrons. The van der Waals surface area contributed by atoms with E-state index in [0.717, 1.165) is 11.0 Å². The van der Waals surface area contributed by atoms with Gasteiger partial charge in [0.2, 0.25) is 0 Å². The summed E-state index contributed by atoms with van der Waals surface area (Å²) >= 11 is 0. The Kier molecular flexibility index (Phi) is 11.1. The fourth-order valence-electron chi connectivity index (χ4n) is 0.880. The molecule has 0 aliphatic heterocycles. The van der Waals surface area contributed by atoms with Crippen LogP contribution in [0.5, 0.6) is 0 Å². The summed E-state index contributed by atoms with van der Waals surface area (Å²) < 4.78 is 0. The Morgan fingerprint density at radius 2 is 1.69 bits per heavy atom. The normalized spacial score (nSPS) is 7.08. The van der Waals surface area contributed by atoms with E-state index in [9.17, 15) is 0 Å². The van der Waals surface area contributed by atoms with Crippen molar-refractivity contribution < 1.29 is 19.3 Å². The molecule has 0 aliphatic rings. The third-order valence-corrected chi connectivity index (χ3v) is 1.33. The summed E-state index contributed by atoms with van der Waals surface area (Å²) in [6, 6.07) is 7.94. The number of benzene rings is 1. The van der Waals surface area contributed by atoms with Gasteiger partial charge >= 0.3 is 23.1 Å². The largest absolute Gasteiger partial charge is 2.00 e. The Bertz CT molecular complexity index is 304. The zero-order chi connectivity index (χ0) is 6.10. The average molecular weight is 199 g/mol. The average Bonchev–Trinajstić information content (AvgIpc) is 2.33. The second-order valence-corrected chi connectivity index (χ2v) is 1.92. The zero-order valence-corrected chi connectivity index (χ0v) is 8.46. The Labute approximate surface area is 94.2 Å². The summed E-state index contributed by atoms with van der Waals surface area (Å²) in [6.07, 6.45) is 1.70.